The van der Waals surface area contributed by atoms with Crippen molar-refractivity contribution < 1.29 is 0 Å². The molecule has 0 radical (unpaired) electrons. The quantitative estimate of drug-likeness (QED) is 0.126. The van der Waals surface area contributed by atoms with Gasteiger partial charge >= 0.3 is 0 Å². The van der Waals surface area contributed by atoms with E-state index in [1.807, 2.05) is 6.07 Å². The fraction of sp³-hybridized carbons (Fsp3) is 0.190. The molecule has 0 saturated carbocycles. The molecule has 0 spiro atoms. The van der Waals surface area contributed by atoms with E-state index in [2.05, 4.69) is 169 Å². The van der Waals surface area contributed by atoms with Crippen LogP contribution in [0.4, 0.5) is 28.4 Å². The molecule has 222 valence electrons. The topological polar surface area (TPSA) is 6.48 Å². The summed E-state index contributed by atoms with van der Waals surface area (Å²) in [6.07, 6.45) is 0. The highest BCUT2D eigenvalue weighted by Crippen LogP contribution is 2.49. The second kappa shape index (κ2) is 11.7. The molecule has 0 aromatic heterocycles. The Balaban J connectivity index is 1.63. The molecule has 1 atom stereocenters. The standard InChI is InChI=1S/C42H39N2P/c1-6-43(29-13-9-7-10-14-29)39-25-37(27(2)3)33-22-24-36-40(26-38(28(4)5)34-21-23-35(39)41(33)42(34)36)44(30-15-11-8-12-16-30)31-17-19-32(45)20-18-31/h7-9,11-13,15-28H,6,45H2,1-5H3. The Morgan fingerprint density at radius 2 is 1.18 bits per heavy atom. The van der Waals surface area contributed by atoms with Gasteiger partial charge < -0.3 is 9.80 Å². The van der Waals surface area contributed by atoms with Crippen molar-refractivity contribution in [3.8, 4) is 0 Å². The van der Waals surface area contributed by atoms with Gasteiger partial charge in [0.05, 0.1) is 11.4 Å². The van der Waals surface area contributed by atoms with E-state index in [0.29, 0.717) is 11.8 Å². The minimum absolute atomic E-state index is 0.353. The summed E-state index contributed by atoms with van der Waals surface area (Å²) in [4.78, 5) is 4.82. The molecule has 7 aromatic rings. The molecule has 1 unspecified atom stereocenters. The third kappa shape index (κ3) is 4.97. The SMILES string of the molecule is CCN(c1c#cccc1)c1cc(C(C)C)c2ccc3c(N(c4ccccc4)c4ccc(P)cc4)cc(C(C)C)c4ccc1c2c43. The number of benzene rings is 6. The molecule has 0 aliphatic carbocycles. The van der Waals surface area contributed by atoms with Crippen molar-refractivity contribution >= 4 is 75.3 Å². The average Bonchev–Trinajstić information content (AvgIpc) is 3.06. The molecule has 0 fully saturated rings. The van der Waals surface area contributed by atoms with Gasteiger partial charge in [0.1, 0.15) is 0 Å². The minimum Gasteiger partial charge on any atom is -0.334 e. The largest absolute Gasteiger partial charge is 0.334 e. The van der Waals surface area contributed by atoms with Crippen molar-refractivity contribution in [2.24, 2.45) is 0 Å². The summed E-state index contributed by atoms with van der Waals surface area (Å²) in [7, 11) is 2.82. The zero-order valence-electron chi connectivity index (χ0n) is 26.7. The van der Waals surface area contributed by atoms with Crippen LogP contribution >= 0.6 is 9.24 Å². The van der Waals surface area contributed by atoms with Crippen LogP contribution in [-0.2, 0) is 0 Å². The first-order valence-corrected chi connectivity index (χ1v) is 16.6. The van der Waals surface area contributed by atoms with Crippen LogP contribution in [0.2, 0.25) is 0 Å². The Morgan fingerprint density at radius 3 is 1.73 bits per heavy atom. The van der Waals surface area contributed by atoms with E-state index in [1.54, 1.807) is 0 Å². The van der Waals surface area contributed by atoms with Crippen molar-refractivity contribution in [2.45, 2.75) is 46.5 Å². The normalized spacial score (nSPS) is 11.6. The minimum atomic E-state index is 0.353. The Morgan fingerprint density at radius 1 is 0.622 bits per heavy atom. The lowest BCUT2D eigenvalue weighted by Gasteiger charge is -2.31. The Kier molecular flexibility index (Phi) is 7.61. The zero-order chi connectivity index (χ0) is 31.2. The molecule has 0 N–H and O–H groups in total. The number of hydrogen-bond donors (Lipinski definition) is 0. The Hall–Kier alpha value is -4.57. The highest BCUT2D eigenvalue weighted by molar-refractivity contribution is 7.27. The first-order valence-electron chi connectivity index (χ1n) is 16.0. The Bertz CT molecular complexity index is 2100. The second-order valence-electron chi connectivity index (χ2n) is 12.5. The lowest BCUT2D eigenvalue weighted by Crippen LogP contribution is -2.17. The number of anilines is 5. The van der Waals surface area contributed by atoms with Gasteiger partial charge in [-0.25, -0.2) is 0 Å². The molecule has 45 heavy (non-hydrogen) atoms. The van der Waals surface area contributed by atoms with Crippen LogP contribution in [0.25, 0.3) is 32.3 Å². The third-order valence-corrected chi connectivity index (χ3v) is 9.49. The van der Waals surface area contributed by atoms with E-state index >= 15 is 0 Å². The molecular weight excluding hydrogens is 563 g/mol. The van der Waals surface area contributed by atoms with Crippen LogP contribution in [-0.4, -0.2) is 6.54 Å². The summed E-state index contributed by atoms with van der Waals surface area (Å²) in [5.74, 6) is 0.722. The zero-order valence-corrected chi connectivity index (χ0v) is 27.9. The van der Waals surface area contributed by atoms with Gasteiger partial charge in [-0.1, -0.05) is 94.4 Å². The highest BCUT2D eigenvalue weighted by Gasteiger charge is 2.25. The third-order valence-electron chi connectivity index (χ3n) is 9.10. The summed E-state index contributed by atoms with van der Waals surface area (Å²) in [6.45, 7) is 12.3. The van der Waals surface area contributed by atoms with Gasteiger partial charge in [-0.2, -0.15) is 0 Å². The van der Waals surface area contributed by atoms with Crippen molar-refractivity contribution in [2.75, 3.05) is 16.3 Å². The summed E-state index contributed by atoms with van der Waals surface area (Å²) in [5, 5.41) is 9.09. The maximum Gasteiger partial charge on any atom is 0.0927 e. The maximum atomic E-state index is 3.38. The fourth-order valence-electron chi connectivity index (χ4n) is 6.97. The predicted molar refractivity (Wildman–Crippen MR) is 199 cm³/mol. The van der Waals surface area contributed by atoms with Crippen molar-refractivity contribution in [3.63, 3.8) is 0 Å². The van der Waals surface area contributed by atoms with Crippen LogP contribution in [0.15, 0.2) is 109 Å². The summed E-state index contributed by atoms with van der Waals surface area (Å²) in [6, 6.07) is 46.6. The van der Waals surface area contributed by atoms with E-state index in [-0.39, 0.29) is 0 Å². The van der Waals surface area contributed by atoms with E-state index < -0.39 is 0 Å². The van der Waals surface area contributed by atoms with Gasteiger partial charge in [0.25, 0.3) is 0 Å². The monoisotopic (exact) mass is 602 g/mol. The van der Waals surface area contributed by atoms with Gasteiger partial charge in [-0.05, 0) is 111 Å². The van der Waals surface area contributed by atoms with Crippen LogP contribution in [0.3, 0.4) is 0 Å². The number of hydrogen-bond acceptors (Lipinski definition) is 2. The molecule has 0 saturated heterocycles. The van der Waals surface area contributed by atoms with Crippen LogP contribution in [0.1, 0.15) is 57.6 Å². The van der Waals surface area contributed by atoms with E-state index in [9.17, 15) is 0 Å². The van der Waals surface area contributed by atoms with Crippen molar-refractivity contribution in [1.29, 1.82) is 0 Å². The van der Waals surface area contributed by atoms with Crippen molar-refractivity contribution in [1.82, 2.24) is 0 Å². The van der Waals surface area contributed by atoms with Crippen LogP contribution in [0.5, 0.6) is 0 Å². The number of para-hydroxylation sites is 1. The molecular formula is C42H39N2P. The first kappa shape index (κ1) is 29.2. The molecule has 0 aliphatic heterocycles. The molecule has 7 aromatic carbocycles. The fourth-order valence-corrected chi connectivity index (χ4v) is 7.17. The number of rotatable bonds is 8. The lowest BCUT2D eigenvalue weighted by atomic mass is 9.84. The van der Waals surface area contributed by atoms with Crippen molar-refractivity contribution in [3.05, 3.63) is 132 Å². The average molecular weight is 603 g/mol. The summed E-state index contributed by atoms with van der Waals surface area (Å²) < 4.78 is 0. The molecule has 0 heterocycles. The predicted octanol–water partition coefficient (Wildman–Crippen LogP) is 11.6. The molecule has 3 heteroatoms. The van der Waals surface area contributed by atoms with Gasteiger partial charge in [0, 0.05) is 34.4 Å². The van der Waals surface area contributed by atoms with Gasteiger partial charge in [0.15, 0.2) is 0 Å². The molecule has 0 bridgehead atoms. The molecule has 7 rings (SSSR count). The molecule has 0 amide bonds. The van der Waals surface area contributed by atoms with E-state index in [4.69, 9.17) is 0 Å². The number of nitrogens with zero attached hydrogens (tertiary/aromatic N) is 2. The molecule has 0 aliphatic rings. The van der Waals surface area contributed by atoms with Crippen LogP contribution in [0, 0.1) is 12.1 Å². The molecule has 2 nitrogen and oxygen atoms in total. The van der Waals surface area contributed by atoms with E-state index in [0.717, 1.165) is 23.6 Å². The second-order valence-corrected chi connectivity index (χ2v) is 13.2. The van der Waals surface area contributed by atoms with Gasteiger partial charge in [-0.3, -0.25) is 0 Å². The maximum absolute atomic E-state index is 3.38. The summed E-state index contributed by atoms with van der Waals surface area (Å²) in [5.41, 5.74) is 8.51. The Labute approximate surface area is 269 Å². The van der Waals surface area contributed by atoms with Crippen LogP contribution < -0.4 is 15.1 Å². The highest BCUT2D eigenvalue weighted by atomic mass is 31.0. The van der Waals surface area contributed by atoms with E-state index in [1.165, 1.54) is 60.1 Å². The smallest absolute Gasteiger partial charge is 0.0927 e. The first-order chi connectivity index (χ1) is 21.9. The van der Waals surface area contributed by atoms with Gasteiger partial charge in [-0.15, -0.1) is 9.24 Å². The van der Waals surface area contributed by atoms with Gasteiger partial charge in [0.2, 0.25) is 0 Å². The summed E-state index contributed by atoms with van der Waals surface area (Å²) >= 11 is 0. The lowest BCUT2D eigenvalue weighted by molar-refractivity contribution is 0.874.